The van der Waals surface area contributed by atoms with Gasteiger partial charge in [-0.1, -0.05) is 24.3 Å². The third kappa shape index (κ3) is 2.02. The smallest absolute Gasteiger partial charge is 0.335 e. The number of fused-ring (bicyclic) bond motifs is 2. The molecule has 3 rings (SSSR count). The first-order chi connectivity index (χ1) is 8.74. The van der Waals surface area contributed by atoms with Crippen LogP contribution < -0.4 is 0 Å². The van der Waals surface area contributed by atoms with Crippen LogP contribution in [0.5, 0.6) is 0 Å². The number of hydrogen-bond donors (Lipinski definition) is 1. The normalized spacial score (nSPS) is 13.3. The van der Waals surface area contributed by atoms with Gasteiger partial charge in [-0.05, 0) is 41.3 Å². The summed E-state index contributed by atoms with van der Waals surface area (Å²) < 4.78 is 0. The Labute approximate surface area is 110 Å². The van der Waals surface area contributed by atoms with Gasteiger partial charge < -0.3 is 5.11 Å². The van der Waals surface area contributed by atoms with Gasteiger partial charge in [0.15, 0.2) is 0 Å². The molecule has 0 saturated heterocycles. The van der Waals surface area contributed by atoms with E-state index in [1.807, 2.05) is 12.1 Å². The maximum Gasteiger partial charge on any atom is 0.335 e. The van der Waals surface area contributed by atoms with Crippen LogP contribution in [0.2, 0.25) is 0 Å². The fourth-order valence-corrected chi connectivity index (χ4v) is 3.30. The van der Waals surface area contributed by atoms with Crippen molar-refractivity contribution >= 4 is 17.7 Å². The summed E-state index contributed by atoms with van der Waals surface area (Å²) in [4.78, 5) is 12.2. The molecule has 0 saturated carbocycles. The standard InChI is InChI=1S/C15H12O2S/c16-15(17)11-5-6-14-13(8-11)7-10-3-1-2-4-12(10)9-18-14/h1-6,8H,7,9H2,(H,16,17). The predicted octanol–water partition coefficient (Wildman–Crippen LogP) is 3.58. The number of carbonyl (C=O) groups is 1. The Balaban J connectivity index is 2.07. The molecule has 1 N–H and O–H groups in total. The highest BCUT2D eigenvalue weighted by atomic mass is 32.2. The lowest BCUT2D eigenvalue weighted by atomic mass is 9.99. The lowest BCUT2D eigenvalue weighted by Gasteiger charge is -2.06. The van der Waals surface area contributed by atoms with Gasteiger partial charge >= 0.3 is 5.97 Å². The molecule has 0 fully saturated rings. The molecule has 0 spiro atoms. The van der Waals surface area contributed by atoms with Crippen LogP contribution in [-0.4, -0.2) is 11.1 Å². The zero-order chi connectivity index (χ0) is 12.5. The van der Waals surface area contributed by atoms with Crippen molar-refractivity contribution in [1.29, 1.82) is 0 Å². The summed E-state index contributed by atoms with van der Waals surface area (Å²) in [7, 11) is 0. The number of hydrogen-bond acceptors (Lipinski definition) is 2. The van der Waals surface area contributed by atoms with Crippen LogP contribution in [0.15, 0.2) is 47.4 Å². The number of benzene rings is 2. The molecule has 0 unspecified atom stereocenters. The van der Waals surface area contributed by atoms with Crippen LogP contribution in [0, 0.1) is 0 Å². The Morgan fingerprint density at radius 2 is 1.83 bits per heavy atom. The highest BCUT2D eigenvalue weighted by molar-refractivity contribution is 7.98. The second kappa shape index (κ2) is 4.50. The quantitative estimate of drug-likeness (QED) is 0.847. The van der Waals surface area contributed by atoms with Crippen molar-refractivity contribution in [2.45, 2.75) is 17.1 Å². The van der Waals surface area contributed by atoms with Crippen molar-refractivity contribution in [3.63, 3.8) is 0 Å². The number of thioether (sulfide) groups is 1. The van der Waals surface area contributed by atoms with Gasteiger partial charge in [-0.25, -0.2) is 4.79 Å². The lowest BCUT2D eigenvalue weighted by molar-refractivity contribution is 0.0696. The highest BCUT2D eigenvalue weighted by Gasteiger charge is 2.15. The maximum atomic E-state index is 11.0. The Bertz CT molecular complexity index is 620. The molecular formula is C15H12O2S. The second-order valence-corrected chi connectivity index (χ2v) is 5.38. The van der Waals surface area contributed by atoms with Gasteiger partial charge in [-0.2, -0.15) is 0 Å². The molecule has 0 aromatic heterocycles. The van der Waals surface area contributed by atoms with Gasteiger partial charge in [-0.3, -0.25) is 0 Å². The Kier molecular flexibility index (Phi) is 2.84. The minimum atomic E-state index is -0.861. The van der Waals surface area contributed by atoms with Crippen molar-refractivity contribution < 1.29 is 9.90 Å². The average molecular weight is 256 g/mol. The first-order valence-corrected chi connectivity index (χ1v) is 6.78. The molecule has 2 aromatic rings. The van der Waals surface area contributed by atoms with E-state index in [1.54, 1.807) is 23.9 Å². The minimum Gasteiger partial charge on any atom is -0.478 e. The molecule has 0 bridgehead atoms. The van der Waals surface area contributed by atoms with E-state index in [0.717, 1.165) is 17.7 Å². The van der Waals surface area contributed by atoms with E-state index in [-0.39, 0.29) is 0 Å². The van der Waals surface area contributed by atoms with E-state index in [0.29, 0.717) is 5.56 Å². The monoisotopic (exact) mass is 256 g/mol. The second-order valence-electron chi connectivity index (χ2n) is 4.36. The van der Waals surface area contributed by atoms with Crippen molar-refractivity contribution in [3.8, 4) is 0 Å². The zero-order valence-electron chi connectivity index (χ0n) is 9.72. The maximum absolute atomic E-state index is 11.0. The summed E-state index contributed by atoms with van der Waals surface area (Å²) in [5.41, 5.74) is 4.13. The van der Waals surface area contributed by atoms with Crippen molar-refractivity contribution in [3.05, 3.63) is 64.7 Å². The van der Waals surface area contributed by atoms with Crippen LogP contribution in [0.25, 0.3) is 0 Å². The first kappa shape index (κ1) is 11.4. The minimum absolute atomic E-state index is 0.369. The van der Waals surface area contributed by atoms with Gasteiger partial charge in [0.1, 0.15) is 0 Å². The van der Waals surface area contributed by atoms with E-state index < -0.39 is 5.97 Å². The molecule has 0 radical (unpaired) electrons. The molecule has 0 atom stereocenters. The summed E-state index contributed by atoms with van der Waals surface area (Å²) in [6.07, 6.45) is 0.819. The van der Waals surface area contributed by atoms with Crippen molar-refractivity contribution in [1.82, 2.24) is 0 Å². The molecular weight excluding hydrogens is 244 g/mol. The van der Waals surface area contributed by atoms with Crippen LogP contribution in [0.1, 0.15) is 27.0 Å². The van der Waals surface area contributed by atoms with Gasteiger partial charge in [0.25, 0.3) is 0 Å². The summed E-state index contributed by atoms with van der Waals surface area (Å²) in [5, 5.41) is 9.05. The van der Waals surface area contributed by atoms with Gasteiger partial charge in [0.2, 0.25) is 0 Å². The number of carboxylic acids is 1. The number of carboxylic acid groups (broad SMARTS) is 1. The molecule has 2 nitrogen and oxygen atoms in total. The van der Waals surface area contributed by atoms with E-state index in [4.69, 9.17) is 5.11 Å². The van der Waals surface area contributed by atoms with Crippen LogP contribution in [0.4, 0.5) is 0 Å². The fraction of sp³-hybridized carbons (Fsp3) is 0.133. The average Bonchev–Trinajstić information content (AvgIpc) is 2.56. The lowest BCUT2D eigenvalue weighted by Crippen LogP contribution is -1.99. The highest BCUT2D eigenvalue weighted by Crippen LogP contribution is 2.34. The van der Waals surface area contributed by atoms with Crippen LogP contribution in [-0.2, 0) is 12.2 Å². The fourth-order valence-electron chi connectivity index (χ4n) is 2.22. The third-order valence-electron chi connectivity index (χ3n) is 3.19. The van der Waals surface area contributed by atoms with E-state index >= 15 is 0 Å². The molecule has 18 heavy (non-hydrogen) atoms. The van der Waals surface area contributed by atoms with Crippen molar-refractivity contribution in [2.75, 3.05) is 0 Å². The summed E-state index contributed by atoms with van der Waals surface area (Å²) >= 11 is 1.78. The van der Waals surface area contributed by atoms with E-state index in [1.165, 1.54) is 16.0 Å². The topological polar surface area (TPSA) is 37.3 Å². The Hall–Kier alpha value is -1.74. The largest absolute Gasteiger partial charge is 0.478 e. The van der Waals surface area contributed by atoms with Crippen molar-refractivity contribution in [2.24, 2.45) is 0 Å². The predicted molar refractivity (Wildman–Crippen MR) is 72.2 cm³/mol. The first-order valence-electron chi connectivity index (χ1n) is 5.80. The number of aromatic carboxylic acids is 1. The Morgan fingerprint density at radius 3 is 2.61 bits per heavy atom. The van der Waals surface area contributed by atoms with Crippen LogP contribution >= 0.6 is 11.8 Å². The van der Waals surface area contributed by atoms with E-state index in [9.17, 15) is 4.79 Å². The summed E-state index contributed by atoms with van der Waals surface area (Å²) in [5.74, 6) is 0.0932. The third-order valence-corrected chi connectivity index (χ3v) is 4.35. The molecule has 1 aliphatic rings. The van der Waals surface area contributed by atoms with Crippen LogP contribution in [0.3, 0.4) is 0 Å². The van der Waals surface area contributed by atoms with E-state index in [2.05, 4.69) is 18.2 Å². The van der Waals surface area contributed by atoms with Gasteiger partial charge in [0.05, 0.1) is 5.56 Å². The molecule has 3 heteroatoms. The molecule has 0 aliphatic carbocycles. The SMILES string of the molecule is O=C(O)c1ccc2c(c1)Cc1ccccc1CS2. The molecule has 1 aliphatic heterocycles. The molecule has 2 aromatic carbocycles. The van der Waals surface area contributed by atoms with Gasteiger partial charge in [-0.15, -0.1) is 11.8 Å². The number of rotatable bonds is 1. The molecule has 1 heterocycles. The molecule has 90 valence electrons. The zero-order valence-corrected chi connectivity index (χ0v) is 10.5. The molecule has 0 amide bonds. The summed E-state index contributed by atoms with van der Waals surface area (Å²) in [6, 6.07) is 13.8. The summed E-state index contributed by atoms with van der Waals surface area (Å²) in [6.45, 7) is 0. The Morgan fingerprint density at radius 1 is 1.06 bits per heavy atom. The van der Waals surface area contributed by atoms with Gasteiger partial charge in [0, 0.05) is 10.6 Å².